The number of hydrogen-bond donors (Lipinski definition) is 1. The molecule has 2 rings (SSSR count). The topological polar surface area (TPSA) is 15.3 Å². The van der Waals surface area contributed by atoms with Crippen molar-refractivity contribution in [2.75, 3.05) is 25.0 Å². The van der Waals surface area contributed by atoms with E-state index in [1.54, 1.807) is 0 Å². The Morgan fingerprint density at radius 2 is 2.23 bits per heavy atom. The number of fused-ring (bicyclic) bond motifs is 1. The zero-order valence-electron chi connectivity index (χ0n) is 8.30. The standard InChI is InChI=1S/C11H16N2/c1-9-4-3-5-10-8-12-6-7-13(2)11(9)10/h3-5,12H,6-8H2,1-2H3. The third-order valence-electron chi connectivity index (χ3n) is 2.64. The van der Waals surface area contributed by atoms with Crippen molar-refractivity contribution in [3.63, 3.8) is 0 Å². The molecule has 0 aliphatic carbocycles. The second-order valence-corrected chi connectivity index (χ2v) is 3.68. The number of anilines is 1. The lowest BCUT2D eigenvalue weighted by Gasteiger charge is -2.20. The third-order valence-corrected chi connectivity index (χ3v) is 2.64. The number of hydrogen-bond acceptors (Lipinski definition) is 2. The normalized spacial score (nSPS) is 16.6. The molecule has 1 aliphatic rings. The van der Waals surface area contributed by atoms with E-state index in [1.165, 1.54) is 16.8 Å². The van der Waals surface area contributed by atoms with E-state index in [0.717, 1.165) is 19.6 Å². The lowest BCUT2D eigenvalue weighted by molar-refractivity contribution is 0.707. The first kappa shape index (κ1) is 8.57. The molecule has 70 valence electrons. The molecule has 0 aromatic heterocycles. The van der Waals surface area contributed by atoms with Gasteiger partial charge in [0.2, 0.25) is 0 Å². The molecule has 1 aliphatic heterocycles. The highest BCUT2D eigenvalue weighted by molar-refractivity contribution is 5.59. The maximum Gasteiger partial charge on any atom is 0.0439 e. The molecule has 0 unspecified atom stereocenters. The molecule has 1 N–H and O–H groups in total. The van der Waals surface area contributed by atoms with Crippen LogP contribution in [0.15, 0.2) is 18.2 Å². The van der Waals surface area contributed by atoms with E-state index in [2.05, 4.69) is 42.4 Å². The van der Waals surface area contributed by atoms with Crippen LogP contribution in [0.2, 0.25) is 0 Å². The van der Waals surface area contributed by atoms with Gasteiger partial charge in [-0.25, -0.2) is 0 Å². The molecular formula is C11H16N2. The molecule has 0 saturated carbocycles. The van der Waals surface area contributed by atoms with Gasteiger partial charge in [0.05, 0.1) is 0 Å². The summed E-state index contributed by atoms with van der Waals surface area (Å²) in [5.74, 6) is 0. The van der Waals surface area contributed by atoms with Crippen LogP contribution in [0.5, 0.6) is 0 Å². The van der Waals surface area contributed by atoms with Crippen molar-refractivity contribution in [3.8, 4) is 0 Å². The monoisotopic (exact) mass is 176 g/mol. The minimum absolute atomic E-state index is 1.00. The van der Waals surface area contributed by atoms with Gasteiger partial charge in [0.25, 0.3) is 0 Å². The van der Waals surface area contributed by atoms with E-state index in [1.807, 2.05) is 0 Å². The summed E-state index contributed by atoms with van der Waals surface area (Å²) < 4.78 is 0. The zero-order chi connectivity index (χ0) is 9.26. The summed E-state index contributed by atoms with van der Waals surface area (Å²) in [5.41, 5.74) is 4.20. The number of likely N-dealkylation sites (N-methyl/N-ethyl adjacent to an activating group) is 1. The Kier molecular flexibility index (Phi) is 2.23. The Labute approximate surface area is 79.6 Å². The first-order valence-corrected chi connectivity index (χ1v) is 4.79. The third kappa shape index (κ3) is 1.54. The zero-order valence-corrected chi connectivity index (χ0v) is 8.30. The van der Waals surface area contributed by atoms with Gasteiger partial charge in [-0.15, -0.1) is 0 Å². The molecular weight excluding hydrogens is 160 g/mol. The summed E-state index contributed by atoms with van der Waals surface area (Å²) >= 11 is 0. The Hall–Kier alpha value is -1.02. The maximum atomic E-state index is 3.42. The van der Waals surface area contributed by atoms with Gasteiger partial charge in [-0.3, -0.25) is 0 Å². The second-order valence-electron chi connectivity index (χ2n) is 3.68. The van der Waals surface area contributed by atoms with Gasteiger partial charge in [0.15, 0.2) is 0 Å². The SMILES string of the molecule is Cc1cccc2c1N(C)CCNC2. The summed E-state index contributed by atoms with van der Waals surface area (Å²) in [5, 5.41) is 3.42. The van der Waals surface area contributed by atoms with Crippen molar-refractivity contribution in [1.82, 2.24) is 5.32 Å². The lowest BCUT2D eigenvalue weighted by atomic mass is 10.1. The number of nitrogens with zero attached hydrogens (tertiary/aromatic N) is 1. The molecule has 0 atom stereocenters. The van der Waals surface area contributed by atoms with Crippen LogP contribution < -0.4 is 10.2 Å². The summed E-state index contributed by atoms with van der Waals surface area (Å²) in [6, 6.07) is 6.52. The van der Waals surface area contributed by atoms with Crippen LogP contribution in [-0.2, 0) is 6.54 Å². The minimum atomic E-state index is 1.00. The number of aryl methyl sites for hydroxylation is 1. The molecule has 0 amide bonds. The van der Waals surface area contributed by atoms with Crippen molar-refractivity contribution in [2.24, 2.45) is 0 Å². The predicted molar refractivity (Wildman–Crippen MR) is 56.2 cm³/mol. The van der Waals surface area contributed by atoms with Crippen LogP contribution in [0.4, 0.5) is 5.69 Å². The van der Waals surface area contributed by atoms with E-state index < -0.39 is 0 Å². The second kappa shape index (κ2) is 3.38. The fourth-order valence-electron chi connectivity index (χ4n) is 1.99. The van der Waals surface area contributed by atoms with Gasteiger partial charge in [-0.05, 0) is 18.1 Å². The van der Waals surface area contributed by atoms with Crippen molar-refractivity contribution in [1.29, 1.82) is 0 Å². The van der Waals surface area contributed by atoms with Crippen molar-refractivity contribution < 1.29 is 0 Å². The van der Waals surface area contributed by atoms with E-state index in [4.69, 9.17) is 0 Å². The fourth-order valence-corrected chi connectivity index (χ4v) is 1.99. The number of para-hydroxylation sites is 1. The van der Waals surface area contributed by atoms with Crippen LogP contribution in [0.25, 0.3) is 0 Å². The highest BCUT2D eigenvalue weighted by Gasteiger charge is 2.12. The Bertz CT molecular complexity index is 307. The van der Waals surface area contributed by atoms with Crippen LogP contribution in [0.1, 0.15) is 11.1 Å². The fraction of sp³-hybridized carbons (Fsp3) is 0.455. The van der Waals surface area contributed by atoms with E-state index >= 15 is 0 Å². The molecule has 0 spiro atoms. The van der Waals surface area contributed by atoms with Gasteiger partial charge >= 0.3 is 0 Å². The van der Waals surface area contributed by atoms with Gasteiger partial charge in [-0.2, -0.15) is 0 Å². The van der Waals surface area contributed by atoms with Gasteiger partial charge in [0.1, 0.15) is 0 Å². The van der Waals surface area contributed by atoms with Crippen molar-refractivity contribution in [2.45, 2.75) is 13.5 Å². The quantitative estimate of drug-likeness (QED) is 0.645. The first-order chi connectivity index (χ1) is 6.29. The van der Waals surface area contributed by atoms with E-state index in [0.29, 0.717) is 0 Å². The van der Waals surface area contributed by atoms with Crippen molar-refractivity contribution in [3.05, 3.63) is 29.3 Å². The van der Waals surface area contributed by atoms with Crippen LogP contribution in [0.3, 0.4) is 0 Å². The molecule has 1 aromatic carbocycles. The summed E-state index contributed by atoms with van der Waals surface area (Å²) in [6.07, 6.45) is 0. The van der Waals surface area contributed by atoms with Crippen LogP contribution in [-0.4, -0.2) is 20.1 Å². The number of nitrogens with one attached hydrogen (secondary N) is 1. The molecule has 0 saturated heterocycles. The first-order valence-electron chi connectivity index (χ1n) is 4.79. The number of benzene rings is 1. The molecule has 1 heterocycles. The average molecular weight is 176 g/mol. The molecule has 0 fully saturated rings. The molecule has 0 bridgehead atoms. The molecule has 1 aromatic rings. The average Bonchev–Trinajstić information content (AvgIpc) is 2.29. The summed E-state index contributed by atoms with van der Waals surface area (Å²) in [4.78, 5) is 2.34. The summed E-state index contributed by atoms with van der Waals surface area (Å²) in [6.45, 7) is 5.35. The number of rotatable bonds is 0. The van der Waals surface area contributed by atoms with Gasteiger partial charge < -0.3 is 10.2 Å². The molecule has 2 heteroatoms. The maximum absolute atomic E-state index is 3.42. The summed E-state index contributed by atoms with van der Waals surface area (Å²) in [7, 11) is 2.17. The highest BCUT2D eigenvalue weighted by Crippen LogP contribution is 2.24. The minimum Gasteiger partial charge on any atom is -0.373 e. The smallest absolute Gasteiger partial charge is 0.0439 e. The molecule has 2 nitrogen and oxygen atoms in total. The van der Waals surface area contributed by atoms with Crippen LogP contribution in [0, 0.1) is 6.92 Å². The van der Waals surface area contributed by atoms with Crippen LogP contribution >= 0.6 is 0 Å². The predicted octanol–water partition coefficient (Wildman–Crippen LogP) is 1.53. The highest BCUT2D eigenvalue weighted by atomic mass is 15.1. The van der Waals surface area contributed by atoms with Crippen molar-refractivity contribution >= 4 is 5.69 Å². The Morgan fingerprint density at radius 1 is 1.38 bits per heavy atom. The lowest BCUT2D eigenvalue weighted by Crippen LogP contribution is -2.24. The van der Waals surface area contributed by atoms with Gasteiger partial charge in [0, 0.05) is 32.4 Å². The molecule has 0 radical (unpaired) electrons. The Morgan fingerprint density at radius 3 is 3.08 bits per heavy atom. The van der Waals surface area contributed by atoms with E-state index in [9.17, 15) is 0 Å². The van der Waals surface area contributed by atoms with Gasteiger partial charge in [-0.1, -0.05) is 18.2 Å². The molecule has 13 heavy (non-hydrogen) atoms. The largest absolute Gasteiger partial charge is 0.373 e. The Balaban J connectivity index is 2.48. The van der Waals surface area contributed by atoms with E-state index in [-0.39, 0.29) is 0 Å².